The van der Waals surface area contributed by atoms with Gasteiger partial charge in [-0.05, 0) is 30.5 Å². The van der Waals surface area contributed by atoms with Gasteiger partial charge in [-0.25, -0.2) is 4.39 Å². The molecular weight excluding hydrogens is 245 g/mol. The van der Waals surface area contributed by atoms with Gasteiger partial charge in [-0.2, -0.15) is 4.98 Å². The predicted molar refractivity (Wildman–Crippen MR) is 70.8 cm³/mol. The minimum atomic E-state index is -0.321. The fraction of sp³-hybridized carbons (Fsp3) is 0.429. The highest BCUT2D eigenvalue weighted by Crippen LogP contribution is 2.25. The second-order valence-corrected chi connectivity index (χ2v) is 4.83. The zero-order chi connectivity index (χ0) is 14.0. The van der Waals surface area contributed by atoms with E-state index in [1.807, 2.05) is 13.8 Å². The maximum Gasteiger partial charge on any atom is 0.244 e. The number of halogens is 1. The van der Waals surface area contributed by atoms with E-state index in [0.29, 0.717) is 17.3 Å². The first-order valence-corrected chi connectivity index (χ1v) is 6.38. The molecule has 1 unspecified atom stereocenters. The minimum absolute atomic E-state index is 0.252. The molecule has 0 aliphatic carbocycles. The van der Waals surface area contributed by atoms with Crippen LogP contribution in [-0.2, 0) is 0 Å². The van der Waals surface area contributed by atoms with Crippen molar-refractivity contribution >= 4 is 0 Å². The summed E-state index contributed by atoms with van der Waals surface area (Å²) in [5, 5.41) is 3.89. The van der Waals surface area contributed by atoms with Crippen molar-refractivity contribution in [3.63, 3.8) is 0 Å². The summed E-state index contributed by atoms with van der Waals surface area (Å²) in [6.07, 6.45) is 0.928. The van der Waals surface area contributed by atoms with Crippen molar-refractivity contribution in [3.8, 4) is 11.4 Å². The molecule has 5 heteroatoms. The Morgan fingerprint density at radius 2 is 2.16 bits per heavy atom. The van der Waals surface area contributed by atoms with Crippen LogP contribution >= 0.6 is 0 Å². The van der Waals surface area contributed by atoms with Crippen LogP contribution < -0.4 is 5.73 Å². The van der Waals surface area contributed by atoms with Gasteiger partial charge in [0, 0.05) is 5.56 Å². The second kappa shape index (κ2) is 5.48. The van der Waals surface area contributed by atoms with Gasteiger partial charge in [0.2, 0.25) is 11.7 Å². The van der Waals surface area contributed by atoms with Gasteiger partial charge in [-0.3, -0.25) is 0 Å². The summed E-state index contributed by atoms with van der Waals surface area (Å²) >= 11 is 0. The number of nitrogens with zero attached hydrogens (tertiary/aromatic N) is 2. The van der Waals surface area contributed by atoms with E-state index in [2.05, 4.69) is 17.1 Å². The molecule has 0 aliphatic heterocycles. The highest BCUT2D eigenvalue weighted by Gasteiger charge is 2.21. The third-order valence-corrected chi connectivity index (χ3v) is 3.42. The topological polar surface area (TPSA) is 64.9 Å². The van der Waals surface area contributed by atoms with E-state index in [9.17, 15) is 4.39 Å². The fourth-order valence-corrected chi connectivity index (χ4v) is 1.81. The van der Waals surface area contributed by atoms with Crippen LogP contribution in [0.1, 0.15) is 37.8 Å². The van der Waals surface area contributed by atoms with Gasteiger partial charge in [0.15, 0.2) is 0 Å². The van der Waals surface area contributed by atoms with Gasteiger partial charge < -0.3 is 10.3 Å². The second-order valence-electron chi connectivity index (χ2n) is 4.83. The third kappa shape index (κ3) is 2.81. The smallest absolute Gasteiger partial charge is 0.244 e. The monoisotopic (exact) mass is 263 g/mol. The number of aromatic nitrogens is 2. The van der Waals surface area contributed by atoms with Crippen molar-refractivity contribution < 1.29 is 8.91 Å². The summed E-state index contributed by atoms with van der Waals surface area (Å²) in [5.41, 5.74) is 7.56. The molecule has 19 heavy (non-hydrogen) atoms. The van der Waals surface area contributed by atoms with Crippen molar-refractivity contribution in [2.24, 2.45) is 11.7 Å². The number of nitrogens with two attached hydrogens (primary N) is 1. The molecule has 1 heterocycles. The first kappa shape index (κ1) is 13.7. The van der Waals surface area contributed by atoms with E-state index in [1.165, 1.54) is 12.1 Å². The Morgan fingerprint density at radius 3 is 2.84 bits per heavy atom. The molecule has 0 amide bonds. The van der Waals surface area contributed by atoms with Crippen LogP contribution in [0.4, 0.5) is 4.39 Å². The number of benzene rings is 1. The number of hydrogen-bond acceptors (Lipinski definition) is 4. The largest absolute Gasteiger partial charge is 0.337 e. The Morgan fingerprint density at radius 1 is 1.42 bits per heavy atom. The minimum Gasteiger partial charge on any atom is -0.337 e. The van der Waals surface area contributed by atoms with Crippen LogP contribution in [0.25, 0.3) is 11.4 Å². The molecule has 2 N–H and O–H groups in total. The summed E-state index contributed by atoms with van der Waals surface area (Å²) < 4.78 is 18.5. The lowest BCUT2D eigenvalue weighted by molar-refractivity contribution is 0.312. The van der Waals surface area contributed by atoms with Crippen molar-refractivity contribution in [2.75, 3.05) is 0 Å². The van der Waals surface area contributed by atoms with Crippen LogP contribution in [0.3, 0.4) is 0 Å². The van der Waals surface area contributed by atoms with E-state index in [-0.39, 0.29) is 17.8 Å². The van der Waals surface area contributed by atoms with Crippen molar-refractivity contribution in [1.82, 2.24) is 10.1 Å². The van der Waals surface area contributed by atoms with Crippen molar-refractivity contribution in [1.29, 1.82) is 0 Å². The Labute approximate surface area is 111 Å². The van der Waals surface area contributed by atoms with Crippen LogP contribution in [0, 0.1) is 18.7 Å². The van der Waals surface area contributed by atoms with Crippen molar-refractivity contribution in [3.05, 3.63) is 35.5 Å². The molecule has 1 aromatic carbocycles. The average Bonchev–Trinajstić information content (AvgIpc) is 2.89. The number of rotatable bonds is 4. The molecular formula is C14H18FN3O. The SMILES string of the molecule is CCC(C)[C@H](N)c1nc(-c2cc(F)ccc2C)no1. The summed E-state index contributed by atoms with van der Waals surface area (Å²) in [4.78, 5) is 4.28. The zero-order valence-corrected chi connectivity index (χ0v) is 11.4. The zero-order valence-electron chi connectivity index (χ0n) is 11.4. The Hall–Kier alpha value is -1.75. The first-order chi connectivity index (χ1) is 9.02. The van der Waals surface area contributed by atoms with Crippen LogP contribution in [0.2, 0.25) is 0 Å². The highest BCUT2D eigenvalue weighted by atomic mass is 19.1. The highest BCUT2D eigenvalue weighted by molar-refractivity contribution is 5.59. The van der Waals surface area contributed by atoms with Crippen LogP contribution in [0.15, 0.2) is 22.7 Å². The lowest BCUT2D eigenvalue weighted by Crippen LogP contribution is -2.18. The molecule has 1 aromatic heterocycles. The first-order valence-electron chi connectivity index (χ1n) is 6.38. The van der Waals surface area contributed by atoms with Gasteiger partial charge in [0.05, 0.1) is 6.04 Å². The molecule has 4 nitrogen and oxygen atoms in total. The maximum atomic E-state index is 13.3. The van der Waals surface area contributed by atoms with Crippen LogP contribution in [0.5, 0.6) is 0 Å². The molecule has 2 aromatic rings. The normalized spacial score (nSPS) is 14.4. The van der Waals surface area contributed by atoms with E-state index in [1.54, 1.807) is 6.07 Å². The summed E-state index contributed by atoms with van der Waals surface area (Å²) in [5.74, 6) is 0.707. The molecule has 0 saturated heterocycles. The van der Waals surface area contributed by atoms with Gasteiger partial charge in [0.1, 0.15) is 5.82 Å². The van der Waals surface area contributed by atoms with Gasteiger partial charge in [-0.15, -0.1) is 0 Å². The molecule has 0 radical (unpaired) electrons. The molecule has 2 atom stereocenters. The molecule has 0 saturated carbocycles. The fourth-order valence-electron chi connectivity index (χ4n) is 1.81. The summed E-state index contributed by atoms with van der Waals surface area (Å²) in [6.45, 7) is 5.96. The summed E-state index contributed by atoms with van der Waals surface area (Å²) in [7, 11) is 0. The summed E-state index contributed by atoms with van der Waals surface area (Å²) in [6, 6.07) is 4.21. The molecule has 102 valence electrons. The Bertz CT molecular complexity index is 568. The Kier molecular flexibility index (Phi) is 3.95. The van der Waals surface area contributed by atoms with E-state index >= 15 is 0 Å². The van der Waals surface area contributed by atoms with E-state index in [4.69, 9.17) is 10.3 Å². The quantitative estimate of drug-likeness (QED) is 0.919. The standard InChI is InChI=1S/C14H18FN3O/c1-4-8(2)12(16)14-17-13(18-19-14)11-7-10(15)6-5-9(11)3/h5-8,12H,4,16H2,1-3H3/t8?,12-/m0/s1. The molecule has 0 fully saturated rings. The van der Waals surface area contributed by atoms with Gasteiger partial charge in [0.25, 0.3) is 0 Å². The lowest BCUT2D eigenvalue weighted by atomic mass is 10.0. The van der Waals surface area contributed by atoms with Gasteiger partial charge in [-0.1, -0.05) is 31.5 Å². The van der Waals surface area contributed by atoms with Crippen molar-refractivity contribution in [2.45, 2.75) is 33.2 Å². The molecule has 0 aliphatic rings. The van der Waals surface area contributed by atoms with E-state index in [0.717, 1.165) is 12.0 Å². The lowest BCUT2D eigenvalue weighted by Gasteiger charge is -2.13. The predicted octanol–water partition coefficient (Wildman–Crippen LogP) is 3.23. The average molecular weight is 263 g/mol. The Balaban J connectivity index is 2.33. The maximum absolute atomic E-state index is 13.3. The molecule has 2 rings (SSSR count). The number of aryl methyl sites for hydroxylation is 1. The van der Waals surface area contributed by atoms with E-state index < -0.39 is 0 Å². The van der Waals surface area contributed by atoms with Crippen LogP contribution in [-0.4, -0.2) is 10.1 Å². The molecule has 0 spiro atoms. The molecule has 0 bridgehead atoms. The third-order valence-electron chi connectivity index (χ3n) is 3.42. The number of hydrogen-bond donors (Lipinski definition) is 1. The van der Waals surface area contributed by atoms with Gasteiger partial charge >= 0.3 is 0 Å².